The van der Waals surface area contributed by atoms with Gasteiger partial charge < -0.3 is 24.4 Å². The zero-order valence-electron chi connectivity index (χ0n) is 14.2. The number of rotatable bonds is 6. The normalized spacial score (nSPS) is 23.5. The van der Waals surface area contributed by atoms with Crippen LogP contribution in [0.5, 0.6) is 0 Å². The average Bonchev–Trinajstić information content (AvgIpc) is 2.70. The van der Waals surface area contributed by atoms with Crippen molar-refractivity contribution in [1.29, 1.82) is 0 Å². The number of benzene rings is 2. The first kappa shape index (κ1) is 18.5. The van der Waals surface area contributed by atoms with Crippen molar-refractivity contribution in [3.05, 3.63) is 77.9 Å². The van der Waals surface area contributed by atoms with Gasteiger partial charge in [-0.05, 0) is 17.7 Å². The van der Waals surface area contributed by atoms with E-state index in [0.29, 0.717) is 5.56 Å². The van der Waals surface area contributed by atoms with Gasteiger partial charge in [0, 0.05) is 0 Å². The second kappa shape index (κ2) is 8.91. The van der Waals surface area contributed by atoms with Gasteiger partial charge in [-0.1, -0.05) is 48.5 Å². The molecule has 0 saturated carbocycles. The van der Waals surface area contributed by atoms with Crippen LogP contribution in [0.15, 0.2) is 60.7 Å². The van der Waals surface area contributed by atoms with Crippen LogP contribution in [0, 0.1) is 6.10 Å². The van der Waals surface area contributed by atoms with Crippen LogP contribution in [0.2, 0.25) is 0 Å². The van der Waals surface area contributed by atoms with Crippen LogP contribution in [0.25, 0.3) is 0 Å². The van der Waals surface area contributed by atoms with Crippen molar-refractivity contribution < 1.29 is 29.2 Å². The Labute approximate surface area is 151 Å². The number of hydrogen-bond donors (Lipinski definition) is 2. The Morgan fingerprint density at radius 2 is 1.73 bits per heavy atom. The molecule has 1 aliphatic heterocycles. The third-order valence-corrected chi connectivity index (χ3v) is 4.15. The molecule has 0 bridgehead atoms. The summed E-state index contributed by atoms with van der Waals surface area (Å²) in [7, 11) is 0. The lowest BCUT2D eigenvalue weighted by molar-refractivity contribution is -0.185. The predicted molar refractivity (Wildman–Crippen MR) is 93.0 cm³/mol. The summed E-state index contributed by atoms with van der Waals surface area (Å²) in [6.07, 6.45) is -2.65. The summed E-state index contributed by atoms with van der Waals surface area (Å²) in [5, 5.41) is 20.1. The van der Waals surface area contributed by atoms with Gasteiger partial charge in [0.2, 0.25) is 6.10 Å². The number of aliphatic hydroxyl groups is 2. The van der Waals surface area contributed by atoms with Crippen LogP contribution >= 0.6 is 0 Å². The molecule has 1 fully saturated rings. The first-order chi connectivity index (χ1) is 12.7. The van der Waals surface area contributed by atoms with Gasteiger partial charge in [-0.25, -0.2) is 4.79 Å². The minimum Gasteiger partial charge on any atom is -0.446 e. The lowest BCUT2D eigenvalue weighted by Gasteiger charge is -2.38. The van der Waals surface area contributed by atoms with Crippen molar-refractivity contribution in [2.24, 2.45) is 0 Å². The Balaban J connectivity index is 1.64. The fourth-order valence-corrected chi connectivity index (χ4v) is 2.72. The number of hydrogen-bond acceptors (Lipinski definition) is 6. The minimum absolute atomic E-state index is 0.0709. The SMILES string of the molecule is O=C(O[C]1CO[C@H](CO)[C@@H](OCc2ccccc2)[C@@H]1O)c1ccccc1. The maximum absolute atomic E-state index is 12.2. The third-order valence-electron chi connectivity index (χ3n) is 4.15. The Morgan fingerprint density at radius 1 is 1.08 bits per heavy atom. The summed E-state index contributed by atoms with van der Waals surface area (Å²) in [6.45, 7) is -0.158. The summed E-state index contributed by atoms with van der Waals surface area (Å²) in [4.78, 5) is 12.2. The molecule has 2 aromatic rings. The smallest absolute Gasteiger partial charge is 0.339 e. The van der Waals surface area contributed by atoms with E-state index in [1.54, 1.807) is 30.3 Å². The molecular weight excluding hydrogens is 336 g/mol. The van der Waals surface area contributed by atoms with Crippen LogP contribution in [0.3, 0.4) is 0 Å². The van der Waals surface area contributed by atoms with Gasteiger partial charge in [-0.3, -0.25) is 0 Å². The zero-order valence-corrected chi connectivity index (χ0v) is 14.2. The van der Waals surface area contributed by atoms with Crippen LogP contribution in [0.1, 0.15) is 15.9 Å². The second-order valence-electron chi connectivity index (χ2n) is 5.96. The molecule has 26 heavy (non-hydrogen) atoms. The van der Waals surface area contributed by atoms with E-state index >= 15 is 0 Å². The van der Waals surface area contributed by atoms with Crippen molar-refractivity contribution in [3.8, 4) is 0 Å². The minimum atomic E-state index is -1.18. The molecule has 6 heteroatoms. The average molecular weight is 357 g/mol. The van der Waals surface area contributed by atoms with Crippen LogP contribution in [0.4, 0.5) is 0 Å². The summed E-state index contributed by atoms with van der Waals surface area (Å²) in [5.74, 6) is -0.576. The number of carbonyl (C=O) groups is 1. The highest BCUT2D eigenvalue weighted by atomic mass is 16.6. The molecule has 2 N–H and O–H groups in total. The predicted octanol–water partition coefficient (Wildman–Crippen LogP) is 1.71. The van der Waals surface area contributed by atoms with Gasteiger partial charge >= 0.3 is 5.97 Å². The Bertz CT molecular complexity index is 690. The second-order valence-corrected chi connectivity index (χ2v) is 5.96. The maximum Gasteiger partial charge on any atom is 0.339 e. The highest BCUT2D eigenvalue weighted by Gasteiger charge is 2.43. The molecule has 6 nitrogen and oxygen atoms in total. The lowest BCUT2D eigenvalue weighted by atomic mass is 10.00. The van der Waals surface area contributed by atoms with Gasteiger partial charge in [0.25, 0.3) is 0 Å². The van der Waals surface area contributed by atoms with Crippen molar-refractivity contribution in [3.63, 3.8) is 0 Å². The molecule has 3 rings (SSSR count). The number of ether oxygens (including phenoxy) is 3. The fourth-order valence-electron chi connectivity index (χ4n) is 2.72. The van der Waals surface area contributed by atoms with Crippen LogP contribution < -0.4 is 0 Å². The van der Waals surface area contributed by atoms with E-state index in [-0.39, 0.29) is 25.9 Å². The van der Waals surface area contributed by atoms with Gasteiger partial charge in [-0.2, -0.15) is 0 Å². The van der Waals surface area contributed by atoms with Gasteiger partial charge in [0.1, 0.15) is 18.3 Å². The molecule has 0 amide bonds. The van der Waals surface area contributed by atoms with E-state index in [4.69, 9.17) is 14.2 Å². The number of aliphatic hydroxyl groups excluding tert-OH is 2. The zero-order chi connectivity index (χ0) is 18.4. The molecule has 3 atom stereocenters. The molecule has 0 aromatic heterocycles. The van der Waals surface area contributed by atoms with Crippen LogP contribution in [-0.2, 0) is 20.8 Å². The molecule has 0 aliphatic carbocycles. The Morgan fingerprint density at radius 3 is 2.38 bits per heavy atom. The molecule has 137 valence electrons. The molecular formula is C20H21O6. The van der Waals surface area contributed by atoms with Crippen LogP contribution in [-0.4, -0.2) is 47.7 Å². The monoisotopic (exact) mass is 357 g/mol. The highest BCUT2D eigenvalue weighted by Crippen LogP contribution is 2.27. The van der Waals surface area contributed by atoms with Crippen molar-refractivity contribution in [2.75, 3.05) is 13.2 Å². The van der Waals surface area contributed by atoms with E-state index in [0.717, 1.165) is 5.56 Å². The van der Waals surface area contributed by atoms with E-state index in [2.05, 4.69) is 0 Å². The summed E-state index contributed by atoms with van der Waals surface area (Å²) in [6, 6.07) is 17.9. The van der Waals surface area contributed by atoms with E-state index < -0.39 is 24.3 Å². The van der Waals surface area contributed by atoms with Crippen molar-refractivity contribution >= 4 is 5.97 Å². The molecule has 1 radical (unpaired) electrons. The van der Waals surface area contributed by atoms with Gasteiger partial charge in [-0.15, -0.1) is 0 Å². The number of esters is 1. The maximum atomic E-state index is 12.2. The Kier molecular flexibility index (Phi) is 6.35. The summed E-state index contributed by atoms with van der Waals surface area (Å²) < 4.78 is 16.6. The molecule has 1 saturated heterocycles. The van der Waals surface area contributed by atoms with Gasteiger partial charge in [0.15, 0.2) is 0 Å². The first-order valence-electron chi connectivity index (χ1n) is 8.38. The molecule has 0 unspecified atom stereocenters. The molecule has 2 aromatic carbocycles. The fraction of sp³-hybridized carbons (Fsp3) is 0.300. The van der Waals surface area contributed by atoms with E-state index in [9.17, 15) is 15.0 Å². The van der Waals surface area contributed by atoms with Crippen molar-refractivity contribution in [1.82, 2.24) is 0 Å². The summed E-state index contributed by atoms with van der Waals surface area (Å²) in [5.41, 5.74) is 1.29. The Hall–Kier alpha value is -2.25. The highest BCUT2D eigenvalue weighted by molar-refractivity contribution is 5.89. The lowest BCUT2D eigenvalue weighted by Crippen LogP contribution is -2.52. The standard InChI is InChI=1S/C20H21O6/c21-11-16-19(25-12-14-7-3-1-4-8-14)18(22)17(13-24-16)26-20(23)15-9-5-2-6-10-15/h1-10,16,18-19,21-22H,11-13H2/t16-,18-,19-/m1/s1. The number of carbonyl (C=O) groups excluding carboxylic acids is 1. The largest absolute Gasteiger partial charge is 0.446 e. The van der Waals surface area contributed by atoms with E-state index in [1.807, 2.05) is 30.3 Å². The van der Waals surface area contributed by atoms with E-state index in [1.165, 1.54) is 0 Å². The van der Waals surface area contributed by atoms with Gasteiger partial charge in [0.05, 0.1) is 25.4 Å². The van der Waals surface area contributed by atoms with Crippen molar-refractivity contribution in [2.45, 2.75) is 24.9 Å². The summed E-state index contributed by atoms with van der Waals surface area (Å²) >= 11 is 0. The quantitative estimate of drug-likeness (QED) is 0.766. The topological polar surface area (TPSA) is 85.2 Å². The molecule has 0 spiro atoms. The third kappa shape index (κ3) is 4.47. The molecule has 1 heterocycles. The molecule has 1 aliphatic rings. The first-order valence-corrected chi connectivity index (χ1v) is 8.38.